The molecule has 1 aliphatic carbocycles. The van der Waals surface area contributed by atoms with Crippen molar-refractivity contribution < 1.29 is 14.7 Å². The second-order valence-electron chi connectivity index (χ2n) is 6.04. The van der Waals surface area contributed by atoms with Gasteiger partial charge in [0.15, 0.2) is 0 Å². The molecule has 5 heteroatoms. The molecular weight excluding hydrogens is 256 g/mol. The fourth-order valence-corrected chi connectivity index (χ4v) is 2.83. The monoisotopic (exact) mass is 276 g/mol. The second-order valence-corrected chi connectivity index (χ2v) is 6.04. The number of pyridine rings is 1. The second kappa shape index (κ2) is 5.61. The lowest BCUT2D eigenvalue weighted by atomic mass is 9.68. The van der Waals surface area contributed by atoms with Gasteiger partial charge >= 0.3 is 5.97 Å². The molecule has 1 heterocycles. The topological polar surface area (TPSA) is 79.3 Å². The molecule has 5 nitrogen and oxygen atoms in total. The van der Waals surface area contributed by atoms with Crippen LogP contribution < -0.4 is 5.32 Å². The van der Waals surface area contributed by atoms with Crippen molar-refractivity contribution in [3.05, 3.63) is 24.0 Å². The van der Waals surface area contributed by atoms with Gasteiger partial charge in [0.05, 0.1) is 17.4 Å². The van der Waals surface area contributed by atoms with Gasteiger partial charge in [0.25, 0.3) is 0 Å². The minimum atomic E-state index is -1.05. The van der Waals surface area contributed by atoms with E-state index >= 15 is 0 Å². The Morgan fingerprint density at radius 3 is 2.75 bits per heavy atom. The lowest BCUT2D eigenvalue weighted by molar-refractivity contribution is -0.124. The fourth-order valence-electron chi connectivity index (χ4n) is 2.83. The first-order valence-electron chi connectivity index (χ1n) is 6.89. The van der Waals surface area contributed by atoms with E-state index in [0.717, 1.165) is 25.7 Å². The Balaban J connectivity index is 2.11. The Bertz CT molecular complexity index is 526. The van der Waals surface area contributed by atoms with E-state index in [4.69, 9.17) is 5.11 Å². The molecule has 1 unspecified atom stereocenters. The molecule has 0 aromatic carbocycles. The molecule has 108 valence electrons. The number of carboxylic acid groups (broad SMARTS) is 1. The van der Waals surface area contributed by atoms with E-state index in [1.807, 2.05) is 0 Å². The number of carbonyl (C=O) groups is 2. The highest BCUT2D eigenvalue weighted by Crippen LogP contribution is 2.41. The van der Waals surface area contributed by atoms with E-state index in [1.165, 1.54) is 18.5 Å². The van der Waals surface area contributed by atoms with Gasteiger partial charge < -0.3 is 10.4 Å². The van der Waals surface area contributed by atoms with Crippen LogP contribution in [0.15, 0.2) is 18.5 Å². The minimum absolute atomic E-state index is 0.0137. The molecule has 0 saturated heterocycles. The van der Waals surface area contributed by atoms with Crippen molar-refractivity contribution in [2.24, 2.45) is 11.3 Å². The molecule has 1 aromatic rings. The molecule has 1 aromatic heterocycles. The summed E-state index contributed by atoms with van der Waals surface area (Å²) >= 11 is 0. The van der Waals surface area contributed by atoms with Crippen LogP contribution in [0.25, 0.3) is 0 Å². The number of nitrogens with one attached hydrogen (secondary N) is 1. The van der Waals surface area contributed by atoms with E-state index in [0.29, 0.717) is 5.69 Å². The molecule has 1 fully saturated rings. The Hall–Kier alpha value is -1.91. The normalized spacial score (nSPS) is 21.2. The summed E-state index contributed by atoms with van der Waals surface area (Å²) in [6.45, 7) is 4.23. The van der Waals surface area contributed by atoms with E-state index in [2.05, 4.69) is 24.1 Å². The molecular formula is C15H20N2O3. The molecule has 1 atom stereocenters. The molecule has 2 N–H and O–H groups in total. The number of carbonyl (C=O) groups excluding carboxylic acids is 1. The van der Waals surface area contributed by atoms with Crippen molar-refractivity contribution in [3.8, 4) is 0 Å². The lowest BCUT2D eigenvalue weighted by Crippen LogP contribution is -2.37. The highest BCUT2D eigenvalue weighted by atomic mass is 16.4. The van der Waals surface area contributed by atoms with Gasteiger partial charge in [-0.1, -0.05) is 26.7 Å². The SMILES string of the molecule is CC1(C)CCCCC1C(=O)Nc1cncc(C(=O)O)c1. The number of aromatic nitrogens is 1. The van der Waals surface area contributed by atoms with Crippen LogP contribution in [0.5, 0.6) is 0 Å². The zero-order chi connectivity index (χ0) is 14.8. The first kappa shape index (κ1) is 14.5. The smallest absolute Gasteiger partial charge is 0.337 e. The summed E-state index contributed by atoms with van der Waals surface area (Å²) in [6.07, 6.45) is 6.88. The van der Waals surface area contributed by atoms with Crippen LogP contribution in [0.3, 0.4) is 0 Å². The van der Waals surface area contributed by atoms with Gasteiger partial charge in [0.1, 0.15) is 0 Å². The zero-order valence-electron chi connectivity index (χ0n) is 11.8. The van der Waals surface area contributed by atoms with Gasteiger partial charge in [-0.25, -0.2) is 4.79 Å². The van der Waals surface area contributed by atoms with Crippen LogP contribution >= 0.6 is 0 Å². The number of hydrogen-bond donors (Lipinski definition) is 2. The Kier molecular flexibility index (Phi) is 4.06. The lowest BCUT2D eigenvalue weighted by Gasteiger charge is -2.37. The third kappa shape index (κ3) is 3.15. The van der Waals surface area contributed by atoms with Crippen LogP contribution in [-0.4, -0.2) is 22.0 Å². The van der Waals surface area contributed by atoms with Crippen LogP contribution in [0.1, 0.15) is 49.9 Å². The third-order valence-corrected chi connectivity index (χ3v) is 4.08. The quantitative estimate of drug-likeness (QED) is 0.889. The zero-order valence-corrected chi connectivity index (χ0v) is 11.8. The number of nitrogens with zero attached hydrogens (tertiary/aromatic N) is 1. The van der Waals surface area contributed by atoms with E-state index < -0.39 is 5.97 Å². The van der Waals surface area contributed by atoms with Gasteiger partial charge in [-0.05, 0) is 24.3 Å². The average molecular weight is 276 g/mol. The maximum absolute atomic E-state index is 12.4. The summed E-state index contributed by atoms with van der Waals surface area (Å²) in [7, 11) is 0. The van der Waals surface area contributed by atoms with Crippen molar-refractivity contribution in [1.82, 2.24) is 4.98 Å². The van der Waals surface area contributed by atoms with Gasteiger partial charge in [0.2, 0.25) is 5.91 Å². The molecule has 0 radical (unpaired) electrons. The predicted octanol–water partition coefficient (Wildman–Crippen LogP) is 2.93. The molecule has 2 rings (SSSR count). The molecule has 1 aliphatic rings. The summed E-state index contributed by atoms with van der Waals surface area (Å²) in [5, 5.41) is 11.7. The van der Waals surface area contributed by atoms with Gasteiger partial charge in [-0.3, -0.25) is 9.78 Å². The molecule has 1 saturated carbocycles. The summed E-state index contributed by atoms with van der Waals surface area (Å²) in [5.74, 6) is -1.13. The van der Waals surface area contributed by atoms with Crippen LogP contribution in [0.2, 0.25) is 0 Å². The van der Waals surface area contributed by atoms with Crippen LogP contribution in [0.4, 0.5) is 5.69 Å². The van der Waals surface area contributed by atoms with Gasteiger partial charge in [-0.2, -0.15) is 0 Å². The number of amides is 1. The molecule has 20 heavy (non-hydrogen) atoms. The van der Waals surface area contributed by atoms with Gasteiger partial charge in [-0.15, -0.1) is 0 Å². The summed E-state index contributed by atoms with van der Waals surface area (Å²) < 4.78 is 0. The Morgan fingerprint density at radius 2 is 2.10 bits per heavy atom. The first-order chi connectivity index (χ1) is 9.40. The molecule has 0 aliphatic heterocycles. The number of hydrogen-bond acceptors (Lipinski definition) is 3. The average Bonchev–Trinajstić information content (AvgIpc) is 2.38. The van der Waals surface area contributed by atoms with Crippen molar-refractivity contribution >= 4 is 17.6 Å². The first-order valence-corrected chi connectivity index (χ1v) is 6.89. The third-order valence-electron chi connectivity index (χ3n) is 4.08. The fraction of sp³-hybridized carbons (Fsp3) is 0.533. The minimum Gasteiger partial charge on any atom is -0.478 e. The van der Waals surface area contributed by atoms with Crippen molar-refractivity contribution in [2.45, 2.75) is 39.5 Å². The van der Waals surface area contributed by atoms with E-state index in [9.17, 15) is 9.59 Å². The number of carboxylic acids is 1. The van der Waals surface area contributed by atoms with Crippen molar-refractivity contribution in [3.63, 3.8) is 0 Å². The van der Waals surface area contributed by atoms with Crippen molar-refractivity contribution in [1.29, 1.82) is 0 Å². The van der Waals surface area contributed by atoms with Crippen LogP contribution in [0, 0.1) is 11.3 Å². The number of anilines is 1. The van der Waals surface area contributed by atoms with E-state index in [1.54, 1.807) is 0 Å². The maximum atomic E-state index is 12.4. The number of rotatable bonds is 3. The molecule has 0 spiro atoms. The molecule has 1 amide bonds. The summed E-state index contributed by atoms with van der Waals surface area (Å²) in [4.78, 5) is 27.1. The van der Waals surface area contributed by atoms with Crippen molar-refractivity contribution in [2.75, 3.05) is 5.32 Å². The predicted molar refractivity (Wildman–Crippen MR) is 75.6 cm³/mol. The highest BCUT2D eigenvalue weighted by Gasteiger charge is 2.37. The summed E-state index contributed by atoms with van der Waals surface area (Å²) in [6, 6.07) is 1.43. The Morgan fingerprint density at radius 1 is 1.35 bits per heavy atom. The summed E-state index contributed by atoms with van der Waals surface area (Å²) in [5.41, 5.74) is 0.502. The maximum Gasteiger partial charge on any atom is 0.337 e. The van der Waals surface area contributed by atoms with E-state index in [-0.39, 0.29) is 22.8 Å². The standard InChI is InChI=1S/C15H20N2O3/c1-15(2)6-4-3-5-12(15)13(18)17-11-7-10(14(19)20)8-16-9-11/h7-9,12H,3-6H2,1-2H3,(H,17,18)(H,19,20). The largest absolute Gasteiger partial charge is 0.478 e. The highest BCUT2D eigenvalue weighted by molar-refractivity contribution is 5.95. The number of aromatic carboxylic acids is 1. The molecule has 0 bridgehead atoms. The Labute approximate surface area is 118 Å². The van der Waals surface area contributed by atoms with Crippen LogP contribution in [-0.2, 0) is 4.79 Å². The van der Waals surface area contributed by atoms with Gasteiger partial charge in [0, 0.05) is 12.1 Å².